The van der Waals surface area contributed by atoms with Gasteiger partial charge >= 0.3 is 0 Å². The quantitative estimate of drug-likeness (QED) is 0.664. The van der Waals surface area contributed by atoms with Crippen LogP contribution in [0.4, 0.5) is 0 Å². The number of nitrogens with zero attached hydrogens (tertiary/aromatic N) is 1. The molecule has 0 saturated heterocycles. The lowest BCUT2D eigenvalue weighted by Crippen LogP contribution is -2.33. The van der Waals surface area contributed by atoms with Crippen molar-refractivity contribution in [2.24, 2.45) is 0 Å². The average Bonchev–Trinajstić information content (AvgIpc) is 2.52. The first kappa shape index (κ1) is 16.0. The molecule has 0 amide bonds. The Labute approximate surface area is 140 Å². The molecule has 0 spiro atoms. The Morgan fingerprint density at radius 2 is 1.65 bits per heavy atom. The summed E-state index contributed by atoms with van der Waals surface area (Å²) in [5.74, 6) is 0. The van der Waals surface area contributed by atoms with Crippen molar-refractivity contribution in [1.29, 1.82) is 0 Å². The molecule has 1 nitrogen and oxygen atoms in total. The minimum Gasteiger partial charge on any atom is -0.257 e. The first-order valence-electron chi connectivity index (χ1n) is 8.54. The number of rotatable bonds is 2. The zero-order chi connectivity index (χ0) is 16.7. The average molecular weight is 305 g/mol. The summed E-state index contributed by atoms with van der Waals surface area (Å²) in [6.45, 7) is 11.7. The number of benzene rings is 1. The number of hydrogen-bond acceptors (Lipinski definition) is 1. The first-order valence-corrected chi connectivity index (χ1v) is 8.54. The Balaban J connectivity index is 2.05. The van der Waals surface area contributed by atoms with Crippen molar-refractivity contribution in [3.63, 3.8) is 0 Å². The Hall–Kier alpha value is -1.89. The second kappa shape index (κ2) is 5.63. The zero-order valence-electron chi connectivity index (χ0n) is 15.0. The molecule has 1 heterocycles. The van der Waals surface area contributed by atoms with Crippen LogP contribution in [0.5, 0.6) is 0 Å². The molecule has 1 aliphatic carbocycles. The lowest BCUT2D eigenvalue weighted by atomic mass is 9.63. The van der Waals surface area contributed by atoms with E-state index in [1.807, 2.05) is 18.3 Å². The Morgan fingerprint density at radius 1 is 0.957 bits per heavy atom. The molecular weight excluding hydrogens is 278 g/mol. The summed E-state index contributed by atoms with van der Waals surface area (Å²) in [5.41, 5.74) is 7.16. The maximum absolute atomic E-state index is 4.41. The molecule has 0 radical (unpaired) electrons. The van der Waals surface area contributed by atoms with Gasteiger partial charge in [0.25, 0.3) is 0 Å². The molecule has 1 aromatic carbocycles. The van der Waals surface area contributed by atoms with Crippen LogP contribution in [0.15, 0.2) is 42.6 Å². The van der Waals surface area contributed by atoms with E-state index in [2.05, 4.69) is 69.9 Å². The van der Waals surface area contributed by atoms with Gasteiger partial charge in [0.05, 0.1) is 5.69 Å². The Bertz CT molecular complexity index is 736. The van der Waals surface area contributed by atoms with Crippen molar-refractivity contribution < 1.29 is 0 Å². The SMILES string of the molecule is C/C(=C\c1ccccn1)c1ccc2c(c1)C(C)(C)CCC2(C)C. The third-order valence-corrected chi connectivity index (χ3v) is 5.36. The Kier molecular flexibility index (Phi) is 3.91. The maximum Gasteiger partial charge on any atom is 0.0632 e. The largest absolute Gasteiger partial charge is 0.257 e. The molecule has 0 unspecified atom stereocenters. The fourth-order valence-electron chi connectivity index (χ4n) is 3.60. The van der Waals surface area contributed by atoms with Crippen molar-refractivity contribution in [3.05, 3.63) is 65.0 Å². The van der Waals surface area contributed by atoms with Crippen LogP contribution in [-0.2, 0) is 10.8 Å². The summed E-state index contributed by atoms with van der Waals surface area (Å²) in [5, 5.41) is 0. The van der Waals surface area contributed by atoms with E-state index in [4.69, 9.17) is 0 Å². The lowest BCUT2D eigenvalue weighted by molar-refractivity contribution is 0.332. The Morgan fingerprint density at radius 3 is 2.30 bits per heavy atom. The van der Waals surface area contributed by atoms with Crippen LogP contribution in [0.2, 0.25) is 0 Å². The molecule has 120 valence electrons. The van der Waals surface area contributed by atoms with Gasteiger partial charge in [0.2, 0.25) is 0 Å². The minimum absolute atomic E-state index is 0.256. The van der Waals surface area contributed by atoms with Gasteiger partial charge in [-0.05, 0) is 71.1 Å². The van der Waals surface area contributed by atoms with Gasteiger partial charge in [-0.3, -0.25) is 4.98 Å². The number of fused-ring (bicyclic) bond motifs is 1. The molecule has 0 bridgehead atoms. The van der Waals surface area contributed by atoms with Crippen molar-refractivity contribution >= 4 is 11.6 Å². The molecule has 2 aromatic rings. The summed E-state index contributed by atoms with van der Waals surface area (Å²) in [4.78, 5) is 4.41. The monoisotopic (exact) mass is 305 g/mol. The minimum atomic E-state index is 0.256. The van der Waals surface area contributed by atoms with Crippen LogP contribution in [0.1, 0.15) is 69.8 Å². The van der Waals surface area contributed by atoms with E-state index in [1.165, 1.54) is 35.1 Å². The normalized spacial score (nSPS) is 19.3. The standard InChI is InChI=1S/C22H27N/c1-16(14-18-8-6-7-13-23-18)17-9-10-19-20(15-17)22(4,5)12-11-21(19,2)3/h6-10,13-15H,11-12H2,1-5H3/b16-14+. The predicted molar refractivity (Wildman–Crippen MR) is 99.5 cm³/mol. The van der Waals surface area contributed by atoms with E-state index in [1.54, 1.807) is 0 Å². The van der Waals surface area contributed by atoms with Crippen LogP contribution in [0.25, 0.3) is 11.6 Å². The molecule has 0 aliphatic heterocycles. The number of allylic oxidation sites excluding steroid dienone is 1. The third-order valence-electron chi connectivity index (χ3n) is 5.36. The van der Waals surface area contributed by atoms with Crippen LogP contribution in [0.3, 0.4) is 0 Å². The first-order chi connectivity index (χ1) is 10.8. The highest BCUT2D eigenvalue weighted by Gasteiger charge is 2.36. The van der Waals surface area contributed by atoms with Gasteiger partial charge in [-0.2, -0.15) is 0 Å². The molecule has 0 saturated carbocycles. The highest BCUT2D eigenvalue weighted by atomic mass is 14.6. The second-order valence-corrected chi connectivity index (χ2v) is 8.11. The smallest absolute Gasteiger partial charge is 0.0632 e. The fourth-order valence-corrected chi connectivity index (χ4v) is 3.60. The van der Waals surface area contributed by atoms with Crippen LogP contribution in [0, 0.1) is 0 Å². The summed E-state index contributed by atoms with van der Waals surface area (Å²) in [6.07, 6.45) is 6.52. The van der Waals surface area contributed by atoms with Gasteiger partial charge in [0.1, 0.15) is 0 Å². The predicted octanol–water partition coefficient (Wildman–Crippen LogP) is 5.99. The van der Waals surface area contributed by atoms with Crippen molar-refractivity contribution in [1.82, 2.24) is 4.98 Å². The molecule has 0 atom stereocenters. The number of aromatic nitrogens is 1. The molecule has 23 heavy (non-hydrogen) atoms. The number of pyridine rings is 1. The molecule has 0 N–H and O–H groups in total. The molecular formula is C22H27N. The summed E-state index contributed by atoms with van der Waals surface area (Å²) >= 11 is 0. The van der Waals surface area contributed by atoms with Crippen LogP contribution in [-0.4, -0.2) is 4.98 Å². The van der Waals surface area contributed by atoms with Gasteiger partial charge in [0.15, 0.2) is 0 Å². The summed E-state index contributed by atoms with van der Waals surface area (Å²) in [7, 11) is 0. The zero-order valence-corrected chi connectivity index (χ0v) is 15.0. The van der Waals surface area contributed by atoms with E-state index < -0.39 is 0 Å². The second-order valence-electron chi connectivity index (χ2n) is 8.11. The summed E-state index contributed by atoms with van der Waals surface area (Å²) in [6, 6.07) is 13.1. The molecule has 1 heteroatoms. The highest BCUT2D eigenvalue weighted by molar-refractivity contribution is 5.79. The van der Waals surface area contributed by atoms with Gasteiger partial charge < -0.3 is 0 Å². The van der Waals surface area contributed by atoms with E-state index >= 15 is 0 Å². The lowest BCUT2D eigenvalue weighted by Gasteiger charge is -2.42. The van der Waals surface area contributed by atoms with Gasteiger partial charge in [0, 0.05) is 6.20 Å². The molecule has 0 fully saturated rings. The van der Waals surface area contributed by atoms with Gasteiger partial charge in [-0.1, -0.05) is 52.0 Å². The maximum atomic E-state index is 4.41. The van der Waals surface area contributed by atoms with Crippen molar-refractivity contribution in [3.8, 4) is 0 Å². The fraction of sp³-hybridized carbons (Fsp3) is 0.409. The van der Waals surface area contributed by atoms with Crippen molar-refractivity contribution in [2.75, 3.05) is 0 Å². The van der Waals surface area contributed by atoms with Gasteiger partial charge in [-0.25, -0.2) is 0 Å². The van der Waals surface area contributed by atoms with E-state index in [0.717, 1.165) is 5.69 Å². The van der Waals surface area contributed by atoms with E-state index in [-0.39, 0.29) is 10.8 Å². The van der Waals surface area contributed by atoms with E-state index in [0.29, 0.717) is 0 Å². The topological polar surface area (TPSA) is 12.9 Å². The number of hydrogen-bond donors (Lipinski definition) is 0. The molecule has 3 rings (SSSR count). The van der Waals surface area contributed by atoms with Gasteiger partial charge in [-0.15, -0.1) is 0 Å². The highest BCUT2D eigenvalue weighted by Crippen LogP contribution is 2.46. The van der Waals surface area contributed by atoms with Crippen LogP contribution < -0.4 is 0 Å². The molecule has 1 aliphatic rings. The van der Waals surface area contributed by atoms with Crippen LogP contribution >= 0.6 is 0 Å². The summed E-state index contributed by atoms with van der Waals surface area (Å²) < 4.78 is 0. The van der Waals surface area contributed by atoms with E-state index in [9.17, 15) is 0 Å². The van der Waals surface area contributed by atoms with Crippen molar-refractivity contribution in [2.45, 2.75) is 58.3 Å². The molecule has 1 aromatic heterocycles. The third kappa shape index (κ3) is 3.10.